The number of benzene rings is 3. The highest BCUT2D eigenvalue weighted by Gasteiger charge is 2.13. The third-order valence-electron chi connectivity index (χ3n) is 3.92. The Morgan fingerprint density at radius 1 is 0.750 bits per heavy atom. The number of amides is 1. The molecular formula is C21H19N3O3S. The predicted octanol–water partition coefficient (Wildman–Crippen LogP) is 3.39. The molecule has 0 bridgehead atoms. The summed E-state index contributed by atoms with van der Waals surface area (Å²) < 4.78 is 24.4. The van der Waals surface area contributed by atoms with E-state index in [-0.39, 0.29) is 10.8 Å². The quantitative estimate of drug-likeness (QED) is 0.537. The lowest BCUT2D eigenvalue weighted by Crippen LogP contribution is -2.35. The number of hydrazine groups is 1. The van der Waals surface area contributed by atoms with Gasteiger partial charge in [-0.05, 0) is 42.0 Å². The van der Waals surface area contributed by atoms with Crippen molar-refractivity contribution in [3.8, 4) is 0 Å². The lowest BCUT2D eigenvalue weighted by molar-refractivity contribution is 0.102. The molecule has 0 atom stereocenters. The maximum absolute atomic E-state index is 12.2. The minimum Gasteiger partial charge on any atom is -0.322 e. The molecule has 7 heteroatoms. The molecule has 3 N–H and O–H groups in total. The van der Waals surface area contributed by atoms with Gasteiger partial charge in [-0.15, -0.1) is 4.83 Å². The van der Waals surface area contributed by atoms with Crippen LogP contribution in [0, 0.1) is 0 Å². The fourth-order valence-electron chi connectivity index (χ4n) is 2.41. The first-order valence-corrected chi connectivity index (χ1v) is 9.93. The van der Waals surface area contributed by atoms with Gasteiger partial charge in [0.05, 0.1) is 4.90 Å². The number of nitrogens with one attached hydrogen (secondary N) is 3. The van der Waals surface area contributed by atoms with Crippen LogP contribution in [0.2, 0.25) is 0 Å². The van der Waals surface area contributed by atoms with Gasteiger partial charge in [0.25, 0.3) is 15.9 Å². The van der Waals surface area contributed by atoms with Crippen LogP contribution in [-0.4, -0.2) is 14.3 Å². The molecule has 0 radical (unpaired) electrons. The molecule has 0 aliphatic heterocycles. The molecule has 28 heavy (non-hydrogen) atoms. The molecule has 1 amide bonds. The summed E-state index contributed by atoms with van der Waals surface area (Å²) >= 11 is 0. The van der Waals surface area contributed by atoms with Crippen LogP contribution in [0.3, 0.4) is 0 Å². The maximum atomic E-state index is 12.2. The minimum atomic E-state index is -3.70. The number of hydrogen-bond donors (Lipinski definition) is 3. The van der Waals surface area contributed by atoms with Crippen LogP contribution in [-0.2, 0) is 10.0 Å². The first kappa shape index (κ1) is 19.3. The van der Waals surface area contributed by atoms with Crippen molar-refractivity contribution in [2.45, 2.75) is 4.90 Å². The lowest BCUT2D eigenvalue weighted by Gasteiger charge is -2.12. The molecular weight excluding hydrogens is 374 g/mol. The zero-order chi connectivity index (χ0) is 20.0. The number of sulfonamides is 1. The van der Waals surface area contributed by atoms with Crippen LogP contribution in [0.1, 0.15) is 15.9 Å². The van der Waals surface area contributed by atoms with Crippen molar-refractivity contribution >= 4 is 27.3 Å². The Bertz CT molecular complexity index is 1060. The zero-order valence-electron chi connectivity index (χ0n) is 14.9. The van der Waals surface area contributed by atoms with Gasteiger partial charge in [-0.25, -0.2) is 8.42 Å². The third-order valence-corrected chi connectivity index (χ3v) is 5.18. The molecule has 6 nitrogen and oxygen atoms in total. The van der Waals surface area contributed by atoms with Crippen molar-refractivity contribution in [1.29, 1.82) is 0 Å². The van der Waals surface area contributed by atoms with Crippen LogP contribution in [0.15, 0.2) is 96.4 Å². The van der Waals surface area contributed by atoms with E-state index >= 15 is 0 Å². The van der Waals surface area contributed by atoms with Gasteiger partial charge < -0.3 is 10.7 Å². The minimum absolute atomic E-state index is 0.147. The van der Waals surface area contributed by atoms with Gasteiger partial charge in [-0.3, -0.25) is 4.79 Å². The summed E-state index contributed by atoms with van der Waals surface area (Å²) in [4.78, 5) is 14.6. The molecule has 0 aliphatic rings. The van der Waals surface area contributed by atoms with Crippen molar-refractivity contribution in [2.75, 3.05) is 5.32 Å². The second-order valence-corrected chi connectivity index (χ2v) is 7.60. The van der Waals surface area contributed by atoms with E-state index in [1.165, 1.54) is 12.1 Å². The molecule has 0 saturated carbocycles. The fraction of sp³-hybridized carbons (Fsp3) is 0. The van der Waals surface area contributed by atoms with Crippen molar-refractivity contribution in [3.63, 3.8) is 0 Å². The second kappa shape index (κ2) is 8.51. The Balaban J connectivity index is 1.60. The highest BCUT2D eigenvalue weighted by molar-refractivity contribution is 7.89. The molecule has 0 saturated heterocycles. The fourth-order valence-corrected chi connectivity index (χ4v) is 3.30. The summed E-state index contributed by atoms with van der Waals surface area (Å²) in [5, 5.41) is 2.80. The molecule has 0 spiro atoms. The van der Waals surface area contributed by atoms with Crippen LogP contribution < -0.4 is 15.6 Å². The largest absolute Gasteiger partial charge is 0.322 e. The standard InChI is InChI=1S/C21H19N3O3S/c1-16(23-24-28(26,27)20-10-6-3-7-11-20)17-12-14-19(15-13-17)22-21(25)18-8-4-2-5-9-18/h2-15,23-24H,1H2,(H,22,25). The van der Waals surface area contributed by atoms with E-state index in [1.807, 2.05) is 6.07 Å². The summed E-state index contributed by atoms with van der Waals surface area (Å²) in [6, 6.07) is 23.8. The Morgan fingerprint density at radius 3 is 1.93 bits per heavy atom. The number of carbonyl (C=O) groups is 1. The predicted molar refractivity (Wildman–Crippen MR) is 110 cm³/mol. The SMILES string of the molecule is C=C(NNS(=O)(=O)c1ccccc1)c1ccc(NC(=O)c2ccccc2)cc1. The number of rotatable bonds is 7. The van der Waals surface area contributed by atoms with E-state index < -0.39 is 10.0 Å². The highest BCUT2D eigenvalue weighted by Crippen LogP contribution is 2.15. The Morgan fingerprint density at radius 2 is 1.32 bits per heavy atom. The summed E-state index contributed by atoms with van der Waals surface area (Å²) in [6.07, 6.45) is 0. The van der Waals surface area contributed by atoms with Crippen molar-refractivity contribution in [3.05, 3.63) is 103 Å². The van der Waals surface area contributed by atoms with E-state index in [1.54, 1.807) is 66.7 Å². The van der Waals surface area contributed by atoms with Gasteiger partial charge >= 0.3 is 0 Å². The number of anilines is 1. The first-order chi connectivity index (χ1) is 13.5. The maximum Gasteiger partial charge on any atom is 0.257 e. The number of hydrogen-bond acceptors (Lipinski definition) is 4. The van der Waals surface area contributed by atoms with E-state index in [4.69, 9.17) is 0 Å². The van der Waals surface area contributed by atoms with Crippen molar-refractivity contribution in [2.24, 2.45) is 0 Å². The molecule has 3 aromatic carbocycles. The van der Waals surface area contributed by atoms with Crippen LogP contribution in [0.25, 0.3) is 5.70 Å². The average Bonchev–Trinajstić information content (AvgIpc) is 2.74. The monoisotopic (exact) mass is 393 g/mol. The average molecular weight is 393 g/mol. The van der Waals surface area contributed by atoms with Crippen LogP contribution >= 0.6 is 0 Å². The number of carbonyl (C=O) groups excluding carboxylic acids is 1. The third kappa shape index (κ3) is 4.85. The normalized spacial score (nSPS) is 10.9. The second-order valence-electron chi connectivity index (χ2n) is 5.92. The first-order valence-electron chi connectivity index (χ1n) is 8.44. The summed E-state index contributed by atoms with van der Waals surface area (Å²) in [5.74, 6) is -0.207. The Kier molecular flexibility index (Phi) is 5.88. The van der Waals surface area contributed by atoms with E-state index in [2.05, 4.69) is 22.2 Å². The lowest BCUT2D eigenvalue weighted by atomic mass is 10.1. The van der Waals surface area contributed by atoms with Gasteiger partial charge in [0, 0.05) is 16.9 Å². The summed E-state index contributed by atoms with van der Waals surface area (Å²) in [6.45, 7) is 3.83. The van der Waals surface area contributed by atoms with Crippen LogP contribution in [0.5, 0.6) is 0 Å². The van der Waals surface area contributed by atoms with Gasteiger partial charge in [-0.2, -0.15) is 0 Å². The molecule has 0 heterocycles. The zero-order valence-corrected chi connectivity index (χ0v) is 15.7. The van der Waals surface area contributed by atoms with Crippen molar-refractivity contribution in [1.82, 2.24) is 10.3 Å². The smallest absolute Gasteiger partial charge is 0.257 e. The highest BCUT2D eigenvalue weighted by atomic mass is 32.2. The van der Waals surface area contributed by atoms with Crippen molar-refractivity contribution < 1.29 is 13.2 Å². The van der Waals surface area contributed by atoms with Gasteiger partial charge in [-0.1, -0.05) is 55.1 Å². The molecule has 0 aromatic heterocycles. The van der Waals surface area contributed by atoms with Gasteiger partial charge in [0.1, 0.15) is 0 Å². The van der Waals surface area contributed by atoms with Crippen LogP contribution in [0.4, 0.5) is 5.69 Å². The topological polar surface area (TPSA) is 87.3 Å². The molecule has 3 aromatic rings. The summed E-state index contributed by atoms with van der Waals surface area (Å²) in [7, 11) is -3.70. The van der Waals surface area contributed by atoms with E-state index in [0.29, 0.717) is 22.5 Å². The molecule has 142 valence electrons. The Labute approximate surface area is 163 Å². The van der Waals surface area contributed by atoms with Gasteiger partial charge in [0.15, 0.2) is 0 Å². The molecule has 0 unspecified atom stereocenters. The Hall–Kier alpha value is -3.42. The van der Waals surface area contributed by atoms with E-state index in [0.717, 1.165) is 0 Å². The molecule has 3 rings (SSSR count). The molecule has 0 fully saturated rings. The van der Waals surface area contributed by atoms with E-state index in [9.17, 15) is 13.2 Å². The summed E-state index contributed by atoms with van der Waals surface area (Å²) in [5.41, 5.74) is 4.84. The van der Waals surface area contributed by atoms with Gasteiger partial charge in [0.2, 0.25) is 0 Å². The molecule has 0 aliphatic carbocycles.